The minimum Gasteiger partial charge on any atom is -0.325 e. The van der Waals surface area contributed by atoms with Gasteiger partial charge in [-0.1, -0.05) is 6.42 Å². The number of rotatable bonds is 1. The van der Waals surface area contributed by atoms with E-state index in [0.717, 1.165) is 45.2 Å². The summed E-state index contributed by atoms with van der Waals surface area (Å²) in [5.41, 5.74) is 0. The average Bonchev–Trinajstić information content (AvgIpc) is 2.77. The van der Waals surface area contributed by atoms with E-state index in [4.69, 9.17) is 5.26 Å². The zero-order chi connectivity index (χ0) is 10.7. The van der Waals surface area contributed by atoms with Gasteiger partial charge in [0, 0.05) is 6.54 Å². The zero-order valence-corrected chi connectivity index (χ0v) is 8.91. The molecule has 0 saturated carbocycles. The SMILES string of the molecule is N#CC1CCCN1C(=O)[C@@H]1CCCCN1. The molecule has 15 heavy (non-hydrogen) atoms. The first-order valence-electron chi connectivity index (χ1n) is 5.76. The minimum atomic E-state index is -0.179. The van der Waals surface area contributed by atoms with Gasteiger partial charge >= 0.3 is 0 Å². The Morgan fingerprint density at radius 2 is 2.20 bits per heavy atom. The van der Waals surface area contributed by atoms with Crippen LogP contribution in [0.5, 0.6) is 0 Å². The van der Waals surface area contributed by atoms with Crippen LogP contribution in [-0.2, 0) is 4.79 Å². The molecule has 2 fully saturated rings. The van der Waals surface area contributed by atoms with Crippen LogP contribution >= 0.6 is 0 Å². The second-order valence-corrected chi connectivity index (χ2v) is 4.32. The van der Waals surface area contributed by atoms with E-state index in [1.807, 2.05) is 0 Å². The molecule has 0 aromatic carbocycles. The average molecular weight is 207 g/mol. The molecule has 2 saturated heterocycles. The van der Waals surface area contributed by atoms with E-state index in [2.05, 4.69) is 11.4 Å². The molecule has 1 N–H and O–H groups in total. The topological polar surface area (TPSA) is 56.1 Å². The first-order valence-corrected chi connectivity index (χ1v) is 5.76. The Morgan fingerprint density at radius 3 is 2.87 bits per heavy atom. The van der Waals surface area contributed by atoms with Gasteiger partial charge in [-0.25, -0.2) is 0 Å². The Hall–Kier alpha value is -1.08. The van der Waals surface area contributed by atoms with Crippen molar-refractivity contribution in [2.24, 2.45) is 0 Å². The molecule has 1 unspecified atom stereocenters. The van der Waals surface area contributed by atoms with Gasteiger partial charge in [-0.2, -0.15) is 5.26 Å². The summed E-state index contributed by atoms with van der Waals surface area (Å²) in [6, 6.07) is 2.00. The van der Waals surface area contributed by atoms with Crippen molar-refractivity contribution in [3.8, 4) is 6.07 Å². The van der Waals surface area contributed by atoms with E-state index in [1.165, 1.54) is 0 Å². The fourth-order valence-corrected chi connectivity index (χ4v) is 2.43. The maximum absolute atomic E-state index is 12.1. The minimum absolute atomic E-state index is 0.0345. The normalized spacial score (nSPS) is 31.3. The molecule has 4 heteroatoms. The Bertz CT molecular complexity index is 278. The number of amides is 1. The summed E-state index contributed by atoms with van der Waals surface area (Å²) in [7, 11) is 0. The number of nitrogens with one attached hydrogen (secondary N) is 1. The van der Waals surface area contributed by atoms with Crippen LogP contribution in [-0.4, -0.2) is 36.0 Å². The maximum atomic E-state index is 12.1. The highest BCUT2D eigenvalue weighted by molar-refractivity contribution is 5.82. The summed E-state index contributed by atoms with van der Waals surface area (Å²) in [4.78, 5) is 13.8. The highest BCUT2D eigenvalue weighted by atomic mass is 16.2. The van der Waals surface area contributed by atoms with Crippen molar-refractivity contribution in [1.29, 1.82) is 5.26 Å². The van der Waals surface area contributed by atoms with Gasteiger partial charge in [0.15, 0.2) is 0 Å². The number of nitrogens with zero attached hydrogens (tertiary/aromatic N) is 2. The van der Waals surface area contributed by atoms with Crippen LogP contribution < -0.4 is 5.32 Å². The lowest BCUT2D eigenvalue weighted by molar-refractivity contribution is -0.134. The highest BCUT2D eigenvalue weighted by Gasteiger charge is 2.33. The summed E-state index contributed by atoms with van der Waals surface area (Å²) < 4.78 is 0. The lowest BCUT2D eigenvalue weighted by Gasteiger charge is -2.28. The van der Waals surface area contributed by atoms with Gasteiger partial charge in [0.2, 0.25) is 5.91 Å². The number of carbonyl (C=O) groups excluding carboxylic acids is 1. The summed E-state index contributed by atoms with van der Waals surface area (Å²) in [5, 5.41) is 12.2. The fourth-order valence-electron chi connectivity index (χ4n) is 2.43. The molecule has 0 aromatic rings. The summed E-state index contributed by atoms with van der Waals surface area (Å²) in [6.45, 7) is 1.69. The number of hydrogen-bond donors (Lipinski definition) is 1. The van der Waals surface area contributed by atoms with Crippen LogP contribution in [0.15, 0.2) is 0 Å². The van der Waals surface area contributed by atoms with E-state index in [9.17, 15) is 4.79 Å². The molecule has 4 nitrogen and oxygen atoms in total. The standard InChI is InChI=1S/C11H17N3O/c12-8-9-4-3-7-14(9)11(15)10-5-1-2-6-13-10/h9-10,13H,1-7H2/t9?,10-/m0/s1. The monoisotopic (exact) mass is 207 g/mol. The van der Waals surface area contributed by atoms with Crippen molar-refractivity contribution in [3.63, 3.8) is 0 Å². The molecule has 82 valence electrons. The van der Waals surface area contributed by atoms with Crippen LogP contribution in [0.1, 0.15) is 32.1 Å². The van der Waals surface area contributed by atoms with Crippen LogP contribution in [0.2, 0.25) is 0 Å². The van der Waals surface area contributed by atoms with Crippen molar-refractivity contribution in [2.45, 2.75) is 44.2 Å². The molecule has 1 amide bonds. The lowest BCUT2D eigenvalue weighted by atomic mass is 10.0. The van der Waals surface area contributed by atoms with E-state index < -0.39 is 0 Å². The summed E-state index contributed by atoms with van der Waals surface area (Å²) >= 11 is 0. The van der Waals surface area contributed by atoms with Gasteiger partial charge in [-0.05, 0) is 32.2 Å². The Labute approximate surface area is 90.2 Å². The Kier molecular flexibility index (Phi) is 3.22. The van der Waals surface area contributed by atoms with E-state index in [1.54, 1.807) is 4.90 Å². The smallest absolute Gasteiger partial charge is 0.240 e. The number of nitriles is 1. The fraction of sp³-hybridized carbons (Fsp3) is 0.818. The van der Waals surface area contributed by atoms with Gasteiger partial charge in [0.05, 0.1) is 12.1 Å². The molecule has 0 aromatic heterocycles. The van der Waals surface area contributed by atoms with Gasteiger partial charge in [0.1, 0.15) is 6.04 Å². The number of hydrogen-bond acceptors (Lipinski definition) is 3. The van der Waals surface area contributed by atoms with E-state index >= 15 is 0 Å². The predicted molar refractivity (Wildman–Crippen MR) is 56.0 cm³/mol. The first kappa shape index (κ1) is 10.4. The Balaban J connectivity index is 1.97. The third-order valence-corrected chi connectivity index (χ3v) is 3.29. The molecular weight excluding hydrogens is 190 g/mol. The summed E-state index contributed by atoms with van der Waals surface area (Å²) in [5.74, 6) is 0.138. The molecule has 0 aliphatic carbocycles. The van der Waals surface area contributed by atoms with Crippen LogP contribution in [0.3, 0.4) is 0 Å². The number of piperidine rings is 1. The van der Waals surface area contributed by atoms with Gasteiger partial charge in [-0.15, -0.1) is 0 Å². The van der Waals surface area contributed by atoms with Crippen LogP contribution in [0.4, 0.5) is 0 Å². The second kappa shape index (κ2) is 4.63. The van der Waals surface area contributed by atoms with Crippen molar-refractivity contribution >= 4 is 5.91 Å². The molecule has 0 spiro atoms. The highest BCUT2D eigenvalue weighted by Crippen LogP contribution is 2.19. The van der Waals surface area contributed by atoms with Crippen molar-refractivity contribution in [3.05, 3.63) is 0 Å². The number of carbonyl (C=O) groups is 1. The van der Waals surface area contributed by atoms with Gasteiger partial charge < -0.3 is 10.2 Å². The molecule has 0 bridgehead atoms. The van der Waals surface area contributed by atoms with Crippen molar-refractivity contribution < 1.29 is 4.79 Å². The summed E-state index contributed by atoms with van der Waals surface area (Å²) in [6.07, 6.45) is 5.01. The molecule has 2 aliphatic heterocycles. The van der Waals surface area contributed by atoms with Crippen LogP contribution in [0.25, 0.3) is 0 Å². The van der Waals surface area contributed by atoms with Crippen molar-refractivity contribution in [2.75, 3.05) is 13.1 Å². The van der Waals surface area contributed by atoms with Crippen molar-refractivity contribution in [1.82, 2.24) is 10.2 Å². The predicted octanol–water partition coefficient (Wildman–Crippen LogP) is 0.643. The molecule has 2 heterocycles. The molecule has 2 atom stereocenters. The van der Waals surface area contributed by atoms with Crippen LogP contribution in [0, 0.1) is 11.3 Å². The molecule has 2 aliphatic rings. The van der Waals surface area contributed by atoms with Gasteiger partial charge in [-0.3, -0.25) is 4.79 Å². The third-order valence-electron chi connectivity index (χ3n) is 3.29. The molecule has 0 radical (unpaired) electrons. The zero-order valence-electron chi connectivity index (χ0n) is 8.91. The lowest BCUT2D eigenvalue weighted by Crippen LogP contribution is -2.49. The number of likely N-dealkylation sites (tertiary alicyclic amines) is 1. The maximum Gasteiger partial charge on any atom is 0.240 e. The van der Waals surface area contributed by atoms with E-state index in [-0.39, 0.29) is 18.0 Å². The second-order valence-electron chi connectivity index (χ2n) is 4.32. The van der Waals surface area contributed by atoms with Gasteiger partial charge in [0.25, 0.3) is 0 Å². The first-order chi connectivity index (χ1) is 7.33. The quantitative estimate of drug-likeness (QED) is 0.686. The molecular formula is C11H17N3O. The van der Waals surface area contributed by atoms with E-state index in [0.29, 0.717) is 0 Å². The molecule has 2 rings (SSSR count). The third kappa shape index (κ3) is 2.13. The largest absolute Gasteiger partial charge is 0.325 e. The Morgan fingerprint density at radius 1 is 1.33 bits per heavy atom.